The van der Waals surface area contributed by atoms with Gasteiger partial charge in [0.25, 0.3) is 0 Å². The van der Waals surface area contributed by atoms with Gasteiger partial charge in [0.15, 0.2) is 6.29 Å². The van der Waals surface area contributed by atoms with Gasteiger partial charge in [0.1, 0.15) is 6.10 Å². The minimum absolute atomic E-state index is 0.195. The Bertz CT molecular complexity index is 179. The first-order chi connectivity index (χ1) is 7.65. The number of hydrogen-bond donors (Lipinski definition) is 1. The molecule has 16 heavy (non-hydrogen) atoms. The predicted molar refractivity (Wildman–Crippen MR) is 63.4 cm³/mol. The Morgan fingerprint density at radius 1 is 1.19 bits per heavy atom. The van der Waals surface area contributed by atoms with E-state index in [0.717, 1.165) is 12.8 Å². The van der Waals surface area contributed by atoms with Crippen LogP contribution in [0.25, 0.3) is 0 Å². The van der Waals surface area contributed by atoms with Crippen LogP contribution in [0.3, 0.4) is 0 Å². The van der Waals surface area contributed by atoms with E-state index in [1.807, 2.05) is 20.8 Å². The average Bonchev–Trinajstić information content (AvgIpc) is 2.26. The fraction of sp³-hybridized carbons (Fsp3) is 0.917. The second kappa shape index (κ2) is 9.75. The molecule has 0 bridgehead atoms. The lowest BCUT2D eigenvalue weighted by molar-refractivity contribution is -0.131. The van der Waals surface area contributed by atoms with E-state index in [-0.39, 0.29) is 5.71 Å². The first-order valence-electron chi connectivity index (χ1n) is 6.11. The van der Waals surface area contributed by atoms with Gasteiger partial charge in [-0.25, -0.2) is 5.11 Å². The standard InChI is InChI=1S/C12H24NO3/c1-4-7-8-11(14)10(13)9-12(15-5-2)16-6-3/h11-13H,4-9H2,1-3H3. The summed E-state index contributed by atoms with van der Waals surface area (Å²) >= 11 is 0. The average molecular weight is 230 g/mol. The molecule has 1 atom stereocenters. The highest BCUT2D eigenvalue weighted by atomic mass is 16.7. The number of unbranched alkanes of at least 4 members (excludes halogenated alkanes) is 1. The summed E-state index contributed by atoms with van der Waals surface area (Å²) in [5.74, 6) is 0. The van der Waals surface area contributed by atoms with Crippen LogP contribution in [-0.2, 0) is 14.6 Å². The van der Waals surface area contributed by atoms with Crippen LogP contribution in [-0.4, -0.2) is 31.3 Å². The molecule has 0 aromatic rings. The van der Waals surface area contributed by atoms with Crippen LogP contribution < -0.4 is 0 Å². The van der Waals surface area contributed by atoms with E-state index in [2.05, 4.69) is 0 Å². The van der Waals surface area contributed by atoms with Gasteiger partial charge in [0.05, 0.1) is 0 Å². The van der Waals surface area contributed by atoms with Crippen molar-refractivity contribution in [3.63, 3.8) is 0 Å². The highest BCUT2D eigenvalue weighted by Crippen LogP contribution is 2.09. The molecule has 0 rings (SSSR count). The first kappa shape index (κ1) is 15.6. The van der Waals surface area contributed by atoms with Gasteiger partial charge in [0, 0.05) is 25.3 Å². The molecule has 1 unspecified atom stereocenters. The van der Waals surface area contributed by atoms with E-state index >= 15 is 0 Å². The van der Waals surface area contributed by atoms with Gasteiger partial charge < -0.3 is 14.9 Å². The van der Waals surface area contributed by atoms with Gasteiger partial charge in [-0.3, -0.25) is 0 Å². The minimum Gasteiger partial charge on any atom is -0.353 e. The Kier molecular flexibility index (Phi) is 9.48. The Hall–Kier alpha value is -0.450. The van der Waals surface area contributed by atoms with Crippen LogP contribution in [0.15, 0.2) is 0 Å². The molecule has 95 valence electrons. The molecular formula is C12H24NO3. The van der Waals surface area contributed by atoms with Crippen molar-refractivity contribution < 1.29 is 14.6 Å². The van der Waals surface area contributed by atoms with E-state index in [1.165, 1.54) is 0 Å². The molecule has 0 amide bonds. The fourth-order valence-electron chi connectivity index (χ4n) is 1.41. The molecule has 0 aliphatic heterocycles. The number of rotatable bonds is 10. The predicted octanol–water partition coefficient (Wildman–Crippen LogP) is 2.78. The van der Waals surface area contributed by atoms with Crippen LogP contribution in [0, 0.1) is 5.41 Å². The number of ether oxygens (including phenoxy) is 2. The quantitative estimate of drug-likeness (QED) is 0.463. The maximum absolute atomic E-state index is 11.6. The van der Waals surface area contributed by atoms with Crippen LogP contribution in [0.4, 0.5) is 0 Å². The lowest BCUT2D eigenvalue weighted by Gasteiger charge is -2.18. The molecule has 1 radical (unpaired) electrons. The van der Waals surface area contributed by atoms with Crippen LogP contribution in [0.5, 0.6) is 0 Å². The first-order valence-corrected chi connectivity index (χ1v) is 6.11. The maximum atomic E-state index is 11.6. The molecule has 0 aromatic carbocycles. The van der Waals surface area contributed by atoms with E-state index in [1.54, 1.807) is 0 Å². The molecule has 4 heteroatoms. The van der Waals surface area contributed by atoms with Gasteiger partial charge >= 0.3 is 0 Å². The van der Waals surface area contributed by atoms with E-state index in [9.17, 15) is 5.11 Å². The summed E-state index contributed by atoms with van der Waals surface area (Å²) in [6.45, 7) is 6.87. The van der Waals surface area contributed by atoms with Crippen molar-refractivity contribution in [2.75, 3.05) is 13.2 Å². The fourth-order valence-corrected chi connectivity index (χ4v) is 1.41. The minimum atomic E-state index is -0.900. The highest BCUT2D eigenvalue weighted by molar-refractivity contribution is 5.85. The van der Waals surface area contributed by atoms with Gasteiger partial charge in [-0.1, -0.05) is 19.8 Å². The topological polar surface area (TPSA) is 62.2 Å². The van der Waals surface area contributed by atoms with Crippen molar-refractivity contribution in [3.8, 4) is 0 Å². The number of hydrogen-bond acceptors (Lipinski definition) is 3. The zero-order chi connectivity index (χ0) is 12.4. The summed E-state index contributed by atoms with van der Waals surface area (Å²) in [7, 11) is 0. The van der Waals surface area contributed by atoms with Gasteiger partial charge in [-0.2, -0.15) is 0 Å². The van der Waals surface area contributed by atoms with Crippen LogP contribution in [0.2, 0.25) is 0 Å². The molecule has 0 aromatic heterocycles. The second-order valence-corrected chi connectivity index (χ2v) is 3.70. The molecular weight excluding hydrogens is 206 g/mol. The van der Waals surface area contributed by atoms with Crippen molar-refractivity contribution in [2.45, 2.75) is 58.8 Å². The Balaban J connectivity index is 3.96. The van der Waals surface area contributed by atoms with E-state index in [0.29, 0.717) is 26.1 Å². The molecule has 0 heterocycles. The third-order valence-corrected chi connectivity index (χ3v) is 2.30. The zero-order valence-corrected chi connectivity index (χ0v) is 10.6. The molecule has 0 saturated heterocycles. The molecule has 0 aliphatic carbocycles. The highest BCUT2D eigenvalue weighted by Gasteiger charge is 2.18. The smallest absolute Gasteiger partial charge is 0.162 e. The van der Waals surface area contributed by atoms with Crippen LogP contribution >= 0.6 is 0 Å². The SMILES string of the molecule is CCCCC([O])C(=N)CC(OCC)OCC. The van der Waals surface area contributed by atoms with E-state index < -0.39 is 12.4 Å². The molecule has 0 spiro atoms. The molecule has 0 saturated carbocycles. The Labute approximate surface area is 98.5 Å². The summed E-state index contributed by atoms with van der Waals surface area (Å²) in [5.41, 5.74) is 0.195. The van der Waals surface area contributed by atoms with Crippen molar-refractivity contribution in [2.24, 2.45) is 0 Å². The summed E-state index contributed by atoms with van der Waals surface area (Å²) in [6, 6.07) is 0. The van der Waals surface area contributed by atoms with Crippen molar-refractivity contribution in [1.29, 1.82) is 5.41 Å². The van der Waals surface area contributed by atoms with Gasteiger partial charge in [0.2, 0.25) is 0 Å². The largest absolute Gasteiger partial charge is 0.353 e. The Morgan fingerprint density at radius 3 is 2.19 bits per heavy atom. The summed E-state index contributed by atoms with van der Waals surface area (Å²) in [4.78, 5) is 0. The van der Waals surface area contributed by atoms with Crippen molar-refractivity contribution in [1.82, 2.24) is 0 Å². The van der Waals surface area contributed by atoms with E-state index in [4.69, 9.17) is 14.9 Å². The van der Waals surface area contributed by atoms with Crippen molar-refractivity contribution in [3.05, 3.63) is 0 Å². The molecule has 0 aliphatic rings. The Morgan fingerprint density at radius 2 is 1.75 bits per heavy atom. The van der Waals surface area contributed by atoms with Gasteiger partial charge in [-0.05, 0) is 20.3 Å². The number of nitrogens with one attached hydrogen (secondary N) is 1. The summed E-state index contributed by atoms with van der Waals surface area (Å²) in [6.07, 6.45) is 1.38. The lowest BCUT2D eigenvalue weighted by Crippen LogP contribution is -2.27. The maximum Gasteiger partial charge on any atom is 0.162 e. The summed E-state index contributed by atoms with van der Waals surface area (Å²) in [5, 5.41) is 19.3. The van der Waals surface area contributed by atoms with Crippen molar-refractivity contribution >= 4 is 5.71 Å². The normalized spacial score (nSPS) is 13.1. The zero-order valence-electron chi connectivity index (χ0n) is 10.6. The van der Waals surface area contributed by atoms with Gasteiger partial charge in [-0.15, -0.1) is 0 Å². The molecule has 1 N–H and O–H groups in total. The van der Waals surface area contributed by atoms with Crippen LogP contribution in [0.1, 0.15) is 46.5 Å². The molecule has 0 fully saturated rings. The third kappa shape index (κ3) is 6.93. The second-order valence-electron chi connectivity index (χ2n) is 3.70. The monoisotopic (exact) mass is 230 g/mol. The molecule has 4 nitrogen and oxygen atoms in total. The third-order valence-electron chi connectivity index (χ3n) is 2.30. The summed E-state index contributed by atoms with van der Waals surface area (Å²) < 4.78 is 10.6. The lowest BCUT2D eigenvalue weighted by atomic mass is 10.1.